The van der Waals surface area contributed by atoms with Crippen LogP contribution >= 0.6 is 0 Å². The smallest absolute Gasteiger partial charge is 0.307 e. The van der Waals surface area contributed by atoms with Crippen LogP contribution in [0.3, 0.4) is 0 Å². The highest BCUT2D eigenvalue weighted by atomic mass is 16.5. The summed E-state index contributed by atoms with van der Waals surface area (Å²) >= 11 is 0. The van der Waals surface area contributed by atoms with Gasteiger partial charge >= 0.3 is 5.97 Å². The van der Waals surface area contributed by atoms with Gasteiger partial charge in [0, 0.05) is 19.3 Å². The predicted octanol–water partition coefficient (Wildman–Crippen LogP) is 2.98. The van der Waals surface area contributed by atoms with Crippen molar-refractivity contribution in [3.63, 3.8) is 0 Å². The van der Waals surface area contributed by atoms with Crippen LogP contribution < -0.4 is 4.90 Å². The van der Waals surface area contributed by atoms with Gasteiger partial charge in [-0.2, -0.15) is 0 Å². The molecular weight excluding hydrogens is 226 g/mol. The molecule has 100 valence electrons. The first kappa shape index (κ1) is 14.6. The highest BCUT2D eigenvalue weighted by molar-refractivity contribution is 5.70. The van der Waals surface area contributed by atoms with Gasteiger partial charge in [0.05, 0.1) is 13.5 Å². The molecule has 0 amide bonds. The molecule has 0 aliphatic heterocycles. The summed E-state index contributed by atoms with van der Waals surface area (Å²) in [5, 5.41) is 0. The van der Waals surface area contributed by atoms with E-state index in [9.17, 15) is 4.79 Å². The number of hydrogen-bond donors (Lipinski definition) is 0. The summed E-state index contributed by atoms with van der Waals surface area (Å²) in [6.45, 7) is 7.25. The molecule has 0 N–H and O–H groups in total. The zero-order valence-corrected chi connectivity index (χ0v) is 12.0. The lowest BCUT2D eigenvalue weighted by Crippen LogP contribution is -2.25. The summed E-state index contributed by atoms with van der Waals surface area (Å²) in [4.78, 5) is 13.3. The van der Waals surface area contributed by atoms with Crippen molar-refractivity contribution < 1.29 is 9.53 Å². The molecule has 0 aliphatic carbocycles. The van der Waals surface area contributed by atoms with Gasteiger partial charge in [-0.1, -0.05) is 39.0 Å². The van der Waals surface area contributed by atoms with E-state index in [2.05, 4.69) is 48.6 Å². The van der Waals surface area contributed by atoms with E-state index in [0.29, 0.717) is 13.0 Å². The second kappa shape index (κ2) is 5.89. The minimum Gasteiger partial charge on any atom is -0.469 e. The van der Waals surface area contributed by atoms with Gasteiger partial charge in [0.1, 0.15) is 0 Å². The van der Waals surface area contributed by atoms with Crippen LogP contribution in [0.5, 0.6) is 0 Å². The van der Waals surface area contributed by atoms with E-state index < -0.39 is 0 Å². The van der Waals surface area contributed by atoms with Crippen molar-refractivity contribution in [3.8, 4) is 0 Å². The molecular formula is C15H23NO2. The molecule has 3 heteroatoms. The van der Waals surface area contributed by atoms with Crippen molar-refractivity contribution in [2.75, 3.05) is 25.6 Å². The number of anilines is 1. The normalized spacial score (nSPS) is 11.2. The molecule has 0 saturated carbocycles. The highest BCUT2D eigenvalue weighted by Gasteiger charge is 2.19. The Kier molecular flexibility index (Phi) is 4.76. The van der Waals surface area contributed by atoms with Crippen molar-refractivity contribution in [2.45, 2.75) is 32.6 Å². The van der Waals surface area contributed by atoms with Crippen LogP contribution in [0.15, 0.2) is 24.3 Å². The third-order valence-corrected chi connectivity index (χ3v) is 3.00. The Labute approximate surface area is 110 Å². The summed E-state index contributed by atoms with van der Waals surface area (Å²) in [7, 11) is 3.43. The molecule has 1 rings (SSSR count). The van der Waals surface area contributed by atoms with E-state index in [1.54, 1.807) is 0 Å². The largest absolute Gasteiger partial charge is 0.469 e. The average molecular weight is 249 g/mol. The Morgan fingerprint density at radius 3 is 2.44 bits per heavy atom. The van der Waals surface area contributed by atoms with Crippen LogP contribution in [0.1, 0.15) is 32.8 Å². The van der Waals surface area contributed by atoms with E-state index in [1.165, 1.54) is 18.4 Å². The molecule has 0 saturated heterocycles. The van der Waals surface area contributed by atoms with Gasteiger partial charge in [-0.25, -0.2) is 0 Å². The molecule has 0 unspecified atom stereocenters. The molecule has 0 heterocycles. The van der Waals surface area contributed by atoms with Gasteiger partial charge in [-0.15, -0.1) is 0 Å². The predicted molar refractivity (Wildman–Crippen MR) is 75.0 cm³/mol. The number of esters is 1. The minimum absolute atomic E-state index is 0.0934. The number of carbonyl (C=O) groups is 1. The highest BCUT2D eigenvalue weighted by Crippen LogP contribution is 2.31. The number of para-hydroxylation sites is 1. The summed E-state index contributed by atoms with van der Waals surface area (Å²) in [6.07, 6.45) is 0.408. The first-order valence-corrected chi connectivity index (χ1v) is 6.23. The molecule has 0 fully saturated rings. The third kappa shape index (κ3) is 3.76. The van der Waals surface area contributed by atoms with Crippen molar-refractivity contribution >= 4 is 11.7 Å². The molecule has 1 aromatic carbocycles. The summed E-state index contributed by atoms with van der Waals surface area (Å²) in [5.41, 5.74) is 2.56. The molecule has 0 aromatic heterocycles. The molecule has 3 nitrogen and oxygen atoms in total. The maximum atomic E-state index is 11.2. The van der Waals surface area contributed by atoms with Crippen LogP contribution in [0.4, 0.5) is 5.69 Å². The van der Waals surface area contributed by atoms with Crippen LogP contribution in [0.2, 0.25) is 0 Å². The van der Waals surface area contributed by atoms with Crippen LogP contribution in [0.25, 0.3) is 0 Å². The van der Waals surface area contributed by atoms with E-state index >= 15 is 0 Å². The van der Waals surface area contributed by atoms with E-state index in [-0.39, 0.29) is 11.4 Å². The number of carbonyl (C=O) groups excluding carboxylic acids is 1. The fourth-order valence-corrected chi connectivity index (χ4v) is 1.92. The molecule has 0 spiro atoms. The number of methoxy groups -OCH3 is 1. The molecule has 0 radical (unpaired) electrons. The second-order valence-electron chi connectivity index (χ2n) is 5.51. The number of ether oxygens (including phenoxy) is 1. The quantitative estimate of drug-likeness (QED) is 0.768. The fraction of sp³-hybridized carbons (Fsp3) is 0.533. The van der Waals surface area contributed by atoms with E-state index in [0.717, 1.165) is 0 Å². The number of benzene rings is 1. The van der Waals surface area contributed by atoms with Gasteiger partial charge in [0.25, 0.3) is 0 Å². The standard InChI is InChI=1S/C15H23NO2/c1-15(2,3)12-8-6-7-9-13(12)16(4)11-10-14(17)18-5/h6-9H,10-11H2,1-5H3. The van der Waals surface area contributed by atoms with Gasteiger partial charge in [0.2, 0.25) is 0 Å². The lowest BCUT2D eigenvalue weighted by molar-refractivity contribution is -0.140. The Hall–Kier alpha value is -1.51. The monoisotopic (exact) mass is 249 g/mol. The van der Waals surface area contributed by atoms with E-state index in [1.807, 2.05) is 13.1 Å². The van der Waals surface area contributed by atoms with E-state index in [4.69, 9.17) is 0 Å². The fourth-order valence-electron chi connectivity index (χ4n) is 1.92. The average Bonchev–Trinajstić information content (AvgIpc) is 2.34. The Morgan fingerprint density at radius 1 is 1.28 bits per heavy atom. The second-order valence-corrected chi connectivity index (χ2v) is 5.51. The summed E-state index contributed by atoms with van der Waals surface area (Å²) in [6, 6.07) is 8.32. The van der Waals surface area contributed by atoms with Crippen LogP contribution in [-0.2, 0) is 14.9 Å². The third-order valence-electron chi connectivity index (χ3n) is 3.00. The summed E-state index contributed by atoms with van der Waals surface area (Å²) in [5.74, 6) is -0.171. The van der Waals surface area contributed by atoms with Crippen molar-refractivity contribution in [2.24, 2.45) is 0 Å². The van der Waals surface area contributed by atoms with Crippen LogP contribution in [-0.4, -0.2) is 26.7 Å². The maximum absolute atomic E-state index is 11.2. The van der Waals surface area contributed by atoms with Gasteiger partial charge in [0.15, 0.2) is 0 Å². The Morgan fingerprint density at radius 2 is 1.89 bits per heavy atom. The molecule has 0 atom stereocenters. The molecule has 1 aromatic rings. The molecule has 18 heavy (non-hydrogen) atoms. The Balaban J connectivity index is 2.86. The van der Waals surface area contributed by atoms with Crippen molar-refractivity contribution in [1.82, 2.24) is 0 Å². The Bertz CT molecular complexity index is 407. The zero-order chi connectivity index (χ0) is 13.8. The summed E-state index contributed by atoms with van der Waals surface area (Å²) < 4.78 is 4.67. The van der Waals surface area contributed by atoms with Gasteiger partial charge < -0.3 is 9.64 Å². The molecule has 0 aliphatic rings. The maximum Gasteiger partial charge on any atom is 0.307 e. The van der Waals surface area contributed by atoms with Crippen LogP contribution in [0, 0.1) is 0 Å². The van der Waals surface area contributed by atoms with Gasteiger partial charge in [-0.05, 0) is 17.0 Å². The lowest BCUT2D eigenvalue weighted by Gasteiger charge is -2.28. The number of hydrogen-bond acceptors (Lipinski definition) is 3. The zero-order valence-electron chi connectivity index (χ0n) is 12.0. The first-order chi connectivity index (χ1) is 8.36. The van der Waals surface area contributed by atoms with Crippen molar-refractivity contribution in [3.05, 3.63) is 29.8 Å². The first-order valence-electron chi connectivity index (χ1n) is 6.23. The van der Waals surface area contributed by atoms with Gasteiger partial charge in [-0.3, -0.25) is 4.79 Å². The topological polar surface area (TPSA) is 29.5 Å². The number of nitrogens with zero attached hydrogens (tertiary/aromatic N) is 1. The van der Waals surface area contributed by atoms with Crippen molar-refractivity contribution in [1.29, 1.82) is 0 Å². The number of rotatable bonds is 4. The molecule has 0 bridgehead atoms. The lowest BCUT2D eigenvalue weighted by atomic mass is 9.85. The SMILES string of the molecule is COC(=O)CCN(C)c1ccccc1C(C)(C)C. The minimum atomic E-state index is -0.171.